The summed E-state index contributed by atoms with van der Waals surface area (Å²) in [7, 11) is 1.60. The van der Waals surface area contributed by atoms with Gasteiger partial charge in [-0.25, -0.2) is 4.98 Å². The molecule has 3 N–H and O–H groups in total. The Morgan fingerprint density at radius 2 is 2.06 bits per heavy atom. The fraction of sp³-hybridized carbons (Fsp3) is 0.360. The number of thioether (sulfide) groups is 1. The molecule has 0 saturated heterocycles. The van der Waals surface area contributed by atoms with E-state index in [1.165, 1.54) is 10.6 Å². The van der Waals surface area contributed by atoms with E-state index >= 15 is 0 Å². The van der Waals surface area contributed by atoms with E-state index < -0.39 is 11.5 Å². The molecule has 2 aromatic heterocycles. The van der Waals surface area contributed by atoms with Crippen LogP contribution in [0.1, 0.15) is 47.7 Å². The summed E-state index contributed by atoms with van der Waals surface area (Å²) in [5.74, 6) is 1.33. The number of rotatable bonds is 9. The number of nitrogens with two attached hydrogens (primary N) is 1. The van der Waals surface area contributed by atoms with Gasteiger partial charge in [0.2, 0.25) is 0 Å². The Kier molecular flexibility index (Phi) is 6.80. The molecule has 1 aromatic carbocycles. The van der Waals surface area contributed by atoms with Crippen LogP contribution in [-0.2, 0) is 13.6 Å². The topological polar surface area (TPSA) is 123 Å². The Balaban J connectivity index is 1.57. The molecule has 3 aromatic rings. The molecule has 4 rings (SSSR count). The number of aryl methyl sites for hydroxylation is 1. The number of carbonyl (C=O) groups is 1. The number of nitrogen functional groups attached to an aromatic ring is 1. The van der Waals surface area contributed by atoms with Gasteiger partial charge in [0.05, 0.1) is 21.9 Å². The van der Waals surface area contributed by atoms with Gasteiger partial charge in [0, 0.05) is 19.7 Å². The van der Waals surface area contributed by atoms with Crippen molar-refractivity contribution in [1.29, 1.82) is 5.26 Å². The Labute approximate surface area is 202 Å². The second-order valence-electron chi connectivity index (χ2n) is 8.51. The van der Waals surface area contributed by atoms with Gasteiger partial charge >= 0.3 is 0 Å². The monoisotopic (exact) mass is 477 g/mol. The van der Waals surface area contributed by atoms with Crippen molar-refractivity contribution in [1.82, 2.24) is 14.9 Å². The van der Waals surface area contributed by atoms with E-state index in [4.69, 9.17) is 15.7 Å². The zero-order valence-corrected chi connectivity index (χ0v) is 20.1. The second kappa shape index (κ2) is 9.77. The van der Waals surface area contributed by atoms with Gasteiger partial charge in [0.15, 0.2) is 0 Å². The molecule has 1 amide bonds. The highest BCUT2D eigenvalue weighted by Gasteiger charge is 2.44. The summed E-state index contributed by atoms with van der Waals surface area (Å²) in [6.07, 6.45) is 3.33. The summed E-state index contributed by atoms with van der Waals surface area (Å²) in [4.78, 5) is 30.2. The molecular weight excluding hydrogens is 450 g/mol. The van der Waals surface area contributed by atoms with Crippen LogP contribution in [0, 0.1) is 11.3 Å². The van der Waals surface area contributed by atoms with Gasteiger partial charge in [0.25, 0.3) is 11.5 Å². The molecule has 34 heavy (non-hydrogen) atoms. The molecule has 2 heterocycles. The lowest BCUT2D eigenvalue weighted by Crippen LogP contribution is -2.32. The van der Waals surface area contributed by atoms with Crippen LogP contribution in [0.25, 0.3) is 11.0 Å². The summed E-state index contributed by atoms with van der Waals surface area (Å²) in [6, 6.07) is 12.0. The maximum absolute atomic E-state index is 13.1. The number of hydrogen-bond acceptors (Lipinski definition) is 7. The van der Waals surface area contributed by atoms with Gasteiger partial charge in [-0.05, 0) is 48.8 Å². The maximum Gasteiger partial charge on any atom is 0.263 e. The van der Waals surface area contributed by atoms with E-state index in [1.807, 2.05) is 11.8 Å². The van der Waals surface area contributed by atoms with Crippen molar-refractivity contribution < 1.29 is 9.53 Å². The fourth-order valence-corrected chi connectivity index (χ4v) is 4.89. The number of ether oxygens (including phenoxy) is 1. The quantitative estimate of drug-likeness (QED) is 0.484. The molecule has 9 heteroatoms. The van der Waals surface area contributed by atoms with Gasteiger partial charge < -0.3 is 20.4 Å². The van der Waals surface area contributed by atoms with Crippen molar-refractivity contribution in [2.75, 3.05) is 18.1 Å². The van der Waals surface area contributed by atoms with E-state index in [2.05, 4.69) is 23.3 Å². The van der Waals surface area contributed by atoms with Crippen molar-refractivity contribution in [3.8, 4) is 11.8 Å². The van der Waals surface area contributed by atoms with E-state index in [0.29, 0.717) is 29.0 Å². The Morgan fingerprint density at radius 3 is 2.71 bits per heavy atom. The number of nitriles is 1. The van der Waals surface area contributed by atoms with Gasteiger partial charge in [0.1, 0.15) is 29.3 Å². The third-order valence-electron chi connectivity index (χ3n) is 5.85. The Hall–Kier alpha value is -3.51. The fourth-order valence-electron chi connectivity index (χ4n) is 3.72. The molecule has 8 nitrogen and oxygen atoms in total. The number of anilines is 1. The van der Waals surface area contributed by atoms with Crippen LogP contribution in [0.3, 0.4) is 0 Å². The second-order valence-corrected chi connectivity index (χ2v) is 10.1. The molecule has 0 radical (unpaired) electrons. The van der Waals surface area contributed by atoms with Crippen molar-refractivity contribution in [2.24, 2.45) is 7.05 Å². The van der Waals surface area contributed by atoms with Crippen LogP contribution in [0.15, 0.2) is 41.2 Å². The Bertz CT molecular complexity index is 1320. The number of amides is 1. The zero-order chi connectivity index (χ0) is 24.3. The maximum atomic E-state index is 13.1. The predicted molar refractivity (Wildman–Crippen MR) is 134 cm³/mol. The van der Waals surface area contributed by atoms with Gasteiger partial charge in [-0.1, -0.05) is 19.1 Å². The van der Waals surface area contributed by atoms with Crippen molar-refractivity contribution in [3.63, 3.8) is 0 Å². The van der Waals surface area contributed by atoms with Gasteiger partial charge in [-0.3, -0.25) is 9.59 Å². The van der Waals surface area contributed by atoms with E-state index in [1.54, 1.807) is 37.4 Å². The van der Waals surface area contributed by atoms with Crippen molar-refractivity contribution >= 4 is 34.5 Å². The number of carbonyl (C=O) groups excluding carboxylic acids is 1. The summed E-state index contributed by atoms with van der Waals surface area (Å²) in [5, 5.41) is 11.7. The van der Waals surface area contributed by atoms with Crippen LogP contribution in [0.5, 0.6) is 5.75 Å². The van der Waals surface area contributed by atoms with Crippen LogP contribution >= 0.6 is 11.8 Å². The minimum atomic E-state index is -0.508. The average molecular weight is 478 g/mol. The number of fused-ring (bicyclic) bond motifs is 1. The molecular formula is C25H27N5O3S. The molecule has 0 spiro atoms. The first-order valence-corrected chi connectivity index (χ1v) is 12.2. The number of pyridine rings is 2. The number of benzene rings is 1. The zero-order valence-electron chi connectivity index (χ0n) is 19.3. The van der Waals surface area contributed by atoms with Gasteiger partial charge in [-0.15, -0.1) is 0 Å². The van der Waals surface area contributed by atoms with E-state index in [-0.39, 0.29) is 22.7 Å². The number of aromatic nitrogens is 2. The molecule has 0 unspecified atom stereocenters. The standard InChI is InChI=1S/C25H27N5O3S/c1-3-10-34-25(8-9-25)15-33-20-12-21(27)29-19-11-18(24(32)30(2)22(19)20)23(31)28-14-17-6-4-16(13-26)5-7-17/h4-7,11-12H,3,8-10,14-15H2,1-2H3,(H2,27,29)(H,28,31). The highest BCUT2D eigenvalue weighted by atomic mass is 32.2. The van der Waals surface area contributed by atoms with Gasteiger partial charge in [-0.2, -0.15) is 17.0 Å². The summed E-state index contributed by atoms with van der Waals surface area (Å²) < 4.78 is 7.69. The van der Waals surface area contributed by atoms with E-state index in [0.717, 1.165) is 30.6 Å². The van der Waals surface area contributed by atoms with E-state index in [9.17, 15) is 9.59 Å². The molecule has 1 aliphatic rings. The van der Waals surface area contributed by atoms with Crippen LogP contribution in [0.2, 0.25) is 0 Å². The first-order chi connectivity index (χ1) is 16.4. The SMILES string of the molecule is CCCSC1(COc2cc(N)nc3cc(C(=O)NCc4ccc(C#N)cc4)c(=O)n(C)c23)CC1. The summed E-state index contributed by atoms with van der Waals surface area (Å²) >= 11 is 1.93. The van der Waals surface area contributed by atoms with Crippen molar-refractivity contribution in [2.45, 2.75) is 37.5 Å². The average Bonchev–Trinajstić information content (AvgIpc) is 3.62. The van der Waals surface area contributed by atoms with Crippen LogP contribution in [0.4, 0.5) is 5.82 Å². The minimum Gasteiger partial charge on any atom is -0.490 e. The molecule has 1 saturated carbocycles. The first kappa shape index (κ1) is 23.6. The lowest BCUT2D eigenvalue weighted by Gasteiger charge is -2.18. The molecule has 0 aliphatic heterocycles. The molecule has 1 fully saturated rings. The lowest BCUT2D eigenvalue weighted by atomic mass is 10.1. The third kappa shape index (κ3) is 5.02. The first-order valence-electron chi connectivity index (χ1n) is 11.2. The highest BCUT2D eigenvalue weighted by Crippen LogP contribution is 2.49. The number of nitrogens with zero attached hydrogens (tertiary/aromatic N) is 3. The molecule has 1 aliphatic carbocycles. The minimum absolute atomic E-state index is 0.0233. The highest BCUT2D eigenvalue weighted by molar-refractivity contribution is 8.00. The third-order valence-corrected chi connectivity index (χ3v) is 7.60. The number of nitrogens with one attached hydrogen (secondary N) is 1. The molecule has 0 bridgehead atoms. The van der Waals surface area contributed by atoms with Crippen LogP contribution in [-0.4, -0.2) is 32.6 Å². The smallest absolute Gasteiger partial charge is 0.263 e. The predicted octanol–water partition coefficient (Wildman–Crippen LogP) is 3.37. The molecule has 176 valence electrons. The summed E-state index contributed by atoms with van der Waals surface area (Å²) in [6.45, 7) is 2.92. The Morgan fingerprint density at radius 1 is 1.32 bits per heavy atom. The lowest BCUT2D eigenvalue weighted by molar-refractivity contribution is 0.0949. The largest absolute Gasteiger partial charge is 0.490 e. The number of hydrogen-bond donors (Lipinski definition) is 2. The normalized spacial score (nSPS) is 13.9. The summed E-state index contributed by atoms with van der Waals surface area (Å²) in [5.41, 5.74) is 7.85. The molecule has 0 atom stereocenters. The van der Waals surface area contributed by atoms with Crippen LogP contribution < -0.4 is 21.3 Å². The van der Waals surface area contributed by atoms with Crippen molar-refractivity contribution in [3.05, 3.63) is 63.4 Å².